The lowest BCUT2D eigenvalue weighted by atomic mass is 10.3. The molecule has 0 unspecified atom stereocenters. The Morgan fingerprint density at radius 2 is 0.935 bits per heavy atom. The molecule has 0 radical (unpaired) electrons. The molecule has 0 bridgehead atoms. The minimum Gasteiger partial charge on any atom is -0.748 e. The number of hydrogen-bond donors (Lipinski definition) is 0. The Kier molecular flexibility index (Phi) is 17.9. The molecular formula is C32H41F3O9S2. The summed E-state index contributed by atoms with van der Waals surface area (Å²) in [6, 6.07) is 24.8. The van der Waals surface area contributed by atoms with Gasteiger partial charge in [0.2, 0.25) is 0 Å². The Balaban J connectivity index is 0.000000713. The molecule has 0 N–H and O–H groups in total. The lowest BCUT2D eigenvalue weighted by Gasteiger charge is -2.13. The maximum absolute atomic E-state index is 11.0. The van der Waals surface area contributed by atoms with E-state index in [1.54, 1.807) is 0 Å². The van der Waals surface area contributed by atoms with Crippen molar-refractivity contribution in [3.05, 3.63) is 72.8 Å². The van der Waals surface area contributed by atoms with Crippen LogP contribution in [-0.2, 0) is 35.2 Å². The summed E-state index contributed by atoms with van der Waals surface area (Å²) in [5, 5.41) is 0. The van der Waals surface area contributed by atoms with Crippen LogP contribution >= 0.6 is 0 Å². The fourth-order valence-corrected chi connectivity index (χ4v) is 6.33. The molecule has 3 aromatic rings. The first-order chi connectivity index (χ1) is 22.0. The minimum atomic E-state index is -5.16. The summed E-state index contributed by atoms with van der Waals surface area (Å²) in [5.41, 5.74) is 0. The van der Waals surface area contributed by atoms with Crippen molar-refractivity contribution >= 4 is 21.0 Å². The van der Waals surface area contributed by atoms with Crippen molar-refractivity contribution in [2.75, 3.05) is 65.2 Å². The molecule has 3 aromatic carbocycles. The summed E-state index contributed by atoms with van der Waals surface area (Å²) in [6.45, 7) is 11.2. The van der Waals surface area contributed by atoms with E-state index in [2.05, 4.69) is 36.4 Å². The van der Waals surface area contributed by atoms with Gasteiger partial charge in [-0.25, -0.2) is 8.42 Å². The summed E-state index contributed by atoms with van der Waals surface area (Å²) >= 11 is 0. The number of hydrogen-bond acceptors (Lipinski definition) is 9. The number of benzene rings is 3. The number of rotatable bonds is 19. The molecule has 256 valence electrons. The van der Waals surface area contributed by atoms with E-state index in [4.69, 9.17) is 28.4 Å². The molecule has 14 heteroatoms. The molecule has 0 fully saturated rings. The zero-order valence-corrected chi connectivity index (χ0v) is 27.8. The van der Waals surface area contributed by atoms with Gasteiger partial charge in [0.25, 0.3) is 0 Å². The van der Waals surface area contributed by atoms with Gasteiger partial charge in [0.15, 0.2) is 14.7 Å². The SMILES string of the molecule is CCOCCOc1cccc([S+](c2cccc(OCCOCC)c2)c2cccc(OCCOCC)c2)c1.O=S(=O)([O-])CC(F)(F)F. The summed E-state index contributed by atoms with van der Waals surface area (Å²) in [6.07, 6.45) is -4.92. The molecule has 0 atom stereocenters. The molecule has 0 heterocycles. The van der Waals surface area contributed by atoms with Crippen LogP contribution in [0.25, 0.3) is 0 Å². The van der Waals surface area contributed by atoms with E-state index in [0.29, 0.717) is 59.5 Å². The molecule has 9 nitrogen and oxygen atoms in total. The molecular weight excluding hydrogens is 649 g/mol. The van der Waals surface area contributed by atoms with Gasteiger partial charge in [-0.1, -0.05) is 18.2 Å². The highest BCUT2D eigenvalue weighted by Gasteiger charge is 2.31. The standard InChI is InChI=1S/C30H39O6S.C2H3F3O3S/c1-4-31-16-19-34-25-10-7-13-28(22-25)37(29-14-8-11-26(23-29)35-20-17-32-5-2)30-15-9-12-27(24-30)36-21-18-33-6-3;3-2(4,5)1-9(6,7)8/h7-15,22-24H,4-6,16-21H2,1-3H3;1H2,(H,6,7,8)/q+1;/p-1. The molecule has 0 spiro atoms. The van der Waals surface area contributed by atoms with E-state index in [9.17, 15) is 26.1 Å². The lowest BCUT2D eigenvalue weighted by Crippen LogP contribution is -2.21. The van der Waals surface area contributed by atoms with Gasteiger partial charge in [-0.05, 0) is 57.2 Å². The smallest absolute Gasteiger partial charge is 0.401 e. The van der Waals surface area contributed by atoms with Gasteiger partial charge in [0.05, 0.1) is 30.7 Å². The van der Waals surface area contributed by atoms with E-state index >= 15 is 0 Å². The number of alkyl halides is 3. The first-order valence-electron chi connectivity index (χ1n) is 14.6. The van der Waals surface area contributed by atoms with E-state index < -0.39 is 32.9 Å². The van der Waals surface area contributed by atoms with Crippen molar-refractivity contribution in [2.45, 2.75) is 41.6 Å². The number of ether oxygens (including phenoxy) is 6. The summed E-state index contributed by atoms with van der Waals surface area (Å²) in [7, 11) is -5.56. The van der Waals surface area contributed by atoms with Gasteiger partial charge in [-0.2, -0.15) is 13.2 Å². The van der Waals surface area contributed by atoms with Crippen LogP contribution in [0.2, 0.25) is 0 Å². The topological polar surface area (TPSA) is 113 Å². The molecule has 46 heavy (non-hydrogen) atoms. The Morgan fingerprint density at radius 1 is 0.609 bits per heavy atom. The second-order valence-corrected chi connectivity index (χ2v) is 12.6. The average molecular weight is 691 g/mol. The van der Waals surface area contributed by atoms with Crippen LogP contribution in [0.5, 0.6) is 17.2 Å². The zero-order valence-electron chi connectivity index (χ0n) is 26.1. The van der Waals surface area contributed by atoms with Crippen molar-refractivity contribution in [3.8, 4) is 17.2 Å². The van der Waals surface area contributed by atoms with Crippen molar-refractivity contribution < 1.29 is 54.6 Å². The first-order valence-corrected chi connectivity index (χ1v) is 17.4. The first kappa shape index (κ1) is 39.2. The molecule has 0 saturated carbocycles. The normalized spacial score (nSPS) is 11.6. The molecule has 3 rings (SSSR count). The second kappa shape index (κ2) is 21.0. The molecule has 0 saturated heterocycles. The van der Waals surface area contributed by atoms with Crippen LogP contribution in [0, 0.1) is 0 Å². The van der Waals surface area contributed by atoms with Crippen molar-refractivity contribution in [3.63, 3.8) is 0 Å². The van der Waals surface area contributed by atoms with Crippen LogP contribution < -0.4 is 14.2 Å². The highest BCUT2D eigenvalue weighted by Crippen LogP contribution is 2.35. The van der Waals surface area contributed by atoms with Gasteiger partial charge in [-0.3, -0.25) is 0 Å². The Labute approximate surface area is 272 Å². The highest BCUT2D eigenvalue weighted by atomic mass is 32.2. The third kappa shape index (κ3) is 16.5. The predicted octanol–water partition coefficient (Wildman–Crippen LogP) is 6.12. The van der Waals surface area contributed by atoms with Gasteiger partial charge in [-0.15, -0.1) is 0 Å². The van der Waals surface area contributed by atoms with Crippen molar-refractivity contribution in [2.24, 2.45) is 0 Å². The van der Waals surface area contributed by atoms with Gasteiger partial charge >= 0.3 is 6.18 Å². The maximum atomic E-state index is 11.0. The third-order valence-corrected chi connectivity index (χ3v) is 8.42. The van der Waals surface area contributed by atoms with E-state index in [0.717, 1.165) is 31.9 Å². The van der Waals surface area contributed by atoms with Crippen LogP contribution in [-0.4, -0.2) is 84.4 Å². The van der Waals surface area contributed by atoms with Gasteiger partial charge in [0, 0.05) is 38.0 Å². The van der Waals surface area contributed by atoms with Crippen LogP contribution in [0.1, 0.15) is 20.8 Å². The van der Waals surface area contributed by atoms with E-state index in [1.807, 2.05) is 57.2 Å². The van der Waals surface area contributed by atoms with Crippen molar-refractivity contribution in [1.82, 2.24) is 0 Å². The predicted molar refractivity (Wildman–Crippen MR) is 168 cm³/mol. The molecule has 0 aliphatic rings. The Bertz CT molecular complexity index is 1260. The second-order valence-electron chi connectivity index (χ2n) is 9.18. The lowest BCUT2D eigenvalue weighted by molar-refractivity contribution is -0.107. The van der Waals surface area contributed by atoms with Crippen LogP contribution in [0.15, 0.2) is 87.5 Å². The third-order valence-electron chi connectivity index (χ3n) is 5.57. The zero-order chi connectivity index (χ0) is 33.8. The van der Waals surface area contributed by atoms with Gasteiger partial charge in [0.1, 0.15) is 52.9 Å². The molecule has 0 aliphatic carbocycles. The quantitative estimate of drug-likeness (QED) is 0.0834. The average Bonchev–Trinajstić information content (AvgIpc) is 2.99. The monoisotopic (exact) mass is 690 g/mol. The summed E-state index contributed by atoms with van der Waals surface area (Å²) < 4.78 is 95.2. The van der Waals surface area contributed by atoms with E-state index in [1.165, 1.54) is 0 Å². The Morgan fingerprint density at radius 3 is 1.17 bits per heavy atom. The van der Waals surface area contributed by atoms with E-state index in [-0.39, 0.29) is 0 Å². The Hall–Kier alpha value is -3.01. The summed E-state index contributed by atoms with van der Waals surface area (Å²) in [4.78, 5) is 3.44. The minimum absolute atomic E-state index is 0.406. The molecule has 0 amide bonds. The maximum Gasteiger partial charge on any atom is 0.401 e. The van der Waals surface area contributed by atoms with Crippen LogP contribution in [0.3, 0.4) is 0 Å². The fourth-order valence-electron chi connectivity index (χ4n) is 3.77. The van der Waals surface area contributed by atoms with Crippen molar-refractivity contribution in [1.29, 1.82) is 0 Å². The molecule has 0 aliphatic heterocycles. The fraction of sp³-hybridized carbons (Fsp3) is 0.438. The summed E-state index contributed by atoms with van der Waals surface area (Å²) in [5.74, 6) is 0.175. The highest BCUT2D eigenvalue weighted by molar-refractivity contribution is 7.97. The van der Waals surface area contributed by atoms with Gasteiger partial charge < -0.3 is 33.0 Å². The largest absolute Gasteiger partial charge is 0.748 e. The van der Waals surface area contributed by atoms with Crippen LogP contribution in [0.4, 0.5) is 13.2 Å². The number of halogens is 3. The molecule has 0 aromatic heterocycles.